The lowest BCUT2D eigenvalue weighted by molar-refractivity contribution is -0.117. The van der Waals surface area contributed by atoms with Crippen LogP contribution in [0.5, 0.6) is 0 Å². The zero-order valence-corrected chi connectivity index (χ0v) is 11.9. The number of benzene rings is 1. The Balaban J connectivity index is 2.57. The molecule has 0 spiro atoms. The van der Waals surface area contributed by atoms with Gasteiger partial charge in [0.2, 0.25) is 5.91 Å². The van der Waals surface area contributed by atoms with Gasteiger partial charge >= 0.3 is 0 Å². The molecule has 2 N–H and O–H groups in total. The van der Waals surface area contributed by atoms with Gasteiger partial charge in [-0.15, -0.1) is 6.58 Å². The van der Waals surface area contributed by atoms with E-state index in [9.17, 15) is 4.79 Å². The number of nitrogens with zero attached hydrogens (tertiary/aromatic N) is 1. The average Bonchev–Trinajstić information content (AvgIpc) is 2.34. The number of aliphatic hydroxyl groups is 1. The van der Waals surface area contributed by atoms with E-state index in [2.05, 4.69) is 11.9 Å². The molecule has 0 aliphatic carbocycles. The van der Waals surface area contributed by atoms with Crippen molar-refractivity contribution in [2.75, 3.05) is 31.6 Å². The molecular weight excluding hydrogens is 287 g/mol. The minimum absolute atomic E-state index is 0.00606. The van der Waals surface area contributed by atoms with Crippen molar-refractivity contribution in [1.82, 2.24) is 4.90 Å². The summed E-state index contributed by atoms with van der Waals surface area (Å²) in [5, 5.41) is 12.4. The van der Waals surface area contributed by atoms with Crippen LogP contribution in [0.1, 0.15) is 0 Å². The molecule has 4 nitrogen and oxygen atoms in total. The molecule has 1 rings (SSSR count). The van der Waals surface area contributed by atoms with Gasteiger partial charge in [-0.3, -0.25) is 9.69 Å². The Hall–Kier alpha value is -1.07. The van der Waals surface area contributed by atoms with Crippen LogP contribution in [0.25, 0.3) is 0 Å². The summed E-state index contributed by atoms with van der Waals surface area (Å²) in [6.45, 7) is 4.73. The minimum atomic E-state index is -0.186. The first-order chi connectivity index (χ1) is 9.06. The first-order valence-corrected chi connectivity index (χ1v) is 6.51. The molecule has 0 aromatic heterocycles. The molecule has 0 radical (unpaired) electrons. The van der Waals surface area contributed by atoms with Crippen molar-refractivity contribution in [2.24, 2.45) is 0 Å². The predicted octanol–water partition coefficient (Wildman–Crippen LogP) is 2.41. The molecule has 0 fully saturated rings. The van der Waals surface area contributed by atoms with Crippen LogP contribution in [0.4, 0.5) is 5.69 Å². The maximum absolute atomic E-state index is 11.8. The third-order valence-electron chi connectivity index (χ3n) is 2.37. The topological polar surface area (TPSA) is 52.6 Å². The van der Waals surface area contributed by atoms with E-state index in [1.165, 1.54) is 0 Å². The highest BCUT2D eigenvalue weighted by Crippen LogP contribution is 2.24. The number of halogens is 2. The lowest BCUT2D eigenvalue weighted by Gasteiger charge is -2.18. The molecule has 6 heteroatoms. The lowest BCUT2D eigenvalue weighted by atomic mass is 10.3. The van der Waals surface area contributed by atoms with Crippen LogP contribution in [0.15, 0.2) is 30.9 Å². The summed E-state index contributed by atoms with van der Waals surface area (Å²) in [5.74, 6) is -0.186. The second-order valence-electron chi connectivity index (χ2n) is 3.92. The number of carbonyl (C=O) groups is 1. The number of carbonyl (C=O) groups excluding carboxylic acids is 1. The van der Waals surface area contributed by atoms with E-state index in [0.29, 0.717) is 28.8 Å². The predicted molar refractivity (Wildman–Crippen MR) is 78.8 cm³/mol. The van der Waals surface area contributed by atoms with E-state index in [1.54, 1.807) is 29.2 Å². The number of nitrogens with one attached hydrogen (secondary N) is 1. The number of hydrogen-bond acceptors (Lipinski definition) is 3. The van der Waals surface area contributed by atoms with Gasteiger partial charge in [-0.2, -0.15) is 0 Å². The van der Waals surface area contributed by atoms with Crippen LogP contribution in [-0.2, 0) is 4.79 Å². The van der Waals surface area contributed by atoms with Crippen LogP contribution in [-0.4, -0.2) is 42.2 Å². The standard InChI is InChI=1S/C13H16Cl2N2O2/c1-2-5-17(6-7-18)9-13(19)16-10-3-4-11(14)12(15)8-10/h2-4,8,18H,1,5-7,9H2,(H,16,19). The fourth-order valence-electron chi connectivity index (χ4n) is 1.54. The average molecular weight is 303 g/mol. The number of aliphatic hydroxyl groups excluding tert-OH is 1. The molecule has 0 aliphatic heterocycles. The van der Waals surface area contributed by atoms with Gasteiger partial charge in [0.05, 0.1) is 23.2 Å². The Morgan fingerprint density at radius 3 is 2.74 bits per heavy atom. The summed E-state index contributed by atoms with van der Waals surface area (Å²) in [4.78, 5) is 13.6. The van der Waals surface area contributed by atoms with Crippen molar-refractivity contribution in [3.05, 3.63) is 40.9 Å². The zero-order valence-electron chi connectivity index (χ0n) is 10.4. The van der Waals surface area contributed by atoms with E-state index < -0.39 is 0 Å². The maximum Gasteiger partial charge on any atom is 0.238 e. The molecule has 0 unspecified atom stereocenters. The van der Waals surface area contributed by atoms with E-state index in [1.807, 2.05) is 0 Å². The summed E-state index contributed by atoms with van der Waals surface area (Å²) < 4.78 is 0. The number of rotatable bonds is 7. The third-order valence-corrected chi connectivity index (χ3v) is 3.11. The van der Waals surface area contributed by atoms with E-state index in [-0.39, 0.29) is 19.1 Å². The smallest absolute Gasteiger partial charge is 0.238 e. The summed E-state index contributed by atoms with van der Waals surface area (Å²) in [6.07, 6.45) is 1.68. The summed E-state index contributed by atoms with van der Waals surface area (Å²) in [6, 6.07) is 4.89. The first-order valence-electron chi connectivity index (χ1n) is 5.76. The number of hydrogen-bond donors (Lipinski definition) is 2. The summed E-state index contributed by atoms with van der Waals surface area (Å²) >= 11 is 11.7. The maximum atomic E-state index is 11.8. The van der Waals surface area contributed by atoms with Gasteiger partial charge in [-0.1, -0.05) is 29.3 Å². The van der Waals surface area contributed by atoms with Crippen molar-refractivity contribution in [2.45, 2.75) is 0 Å². The highest BCUT2D eigenvalue weighted by molar-refractivity contribution is 6.42. The summed E-state index contributed by atoms with van der Waals surface area (Å²) in [5.41, 5.74) is 0.585. The summed E-state index contributed by atoms with van der Waals surface area (Å²) in [7, 11) is 0. The van der Waals surface area contributed by atoms with Crippen LogP contribution in [0.2, 0.25) is 10.0 Å². The molecule has 0 saturated heterocycles. The van der Waals surface area contributed by atoms with Crippen molar-refractivity contribution in [3.63, 3.8) is 0 Å². The second kappa shape index (κ2) is 8.17. The first kappa shape index (κ1) is 16.0. The van der Waals surface area contributed by atoms with Crippen LogP contribution < -0.4 is 5.32 Å². The SMILES string of the molecule is C=CCN(CCO)CC(=O)Nc1ccc(Cl)c(Cl)c1. The van der Waals surface area contributed by atoms with Gasteiger partial charge in [-0.05, 0) is 18.2 Å². The number of anilines is 1. The molecule has 19 heavy (non-hydrogen) atoms. The van der Waals surface area contributed by atoms with Crippen LogP contribution >= 0.6 is 23.2 Å². The molecule has 1 aromatic rings. The largest absolute Gasteiger partial charge is 0.395 e. The van der Waals surface area contributed by atoms with Crippen molar-refractivity contribution >= 4 is 34.8 Å². The molecular formula is C13H16Cl2N2O2. The van der Waals surface area contributed by atoms with E-state index in [4.69, 9.17) is 28.3 Å². The third kappa shape index (κ3) is 5.61. The normalized spacial score (nSPS) is 10.5. The quantitative estimate of drug-likeness (QED) is 0.761. The molecule has 0 saturated carbocycles. The van der Waals surface area contributed by atoms with E-state index in [0.717, 1.165) is 0 Å². The van der Waals surface area contributed by atoms with Gasteiger partial charge in [-0.25, -0.2) is 0 Å². The molecule has 1 amide bonds. The molecule has 0 heterocycles. The van der Waals surface area contributed by atoms with Gasteiger partial charge in [0.25, 0.3) is 0 Å². The second-order valence-corrected chi connectivity index (χ2v) is 4.74. The molecule has 0 bridgehead atoms. The van der Waals surface area contributed by atoms with Gasteiger partial charge in [0.1, 0.15) is 0 Å². The number of amides is 1. The Morgan fingerprint density at radius 1 is 1.42 bits per heavy atom. The molecule has 0 atom stereocenters. The van der Waals surface area contributed by atoms with Gasteiger partial charge in [0, 0.05) is 18.8 Å². The zero-order chi connectivity index (χ0) is 14.3. The lowest BCUT2D eigenvalue weighted by Crippen LogP contribution is -2.35. The van der Waals surface area contributed by atoms with Gasteiger partial charge < -0.3 is 10.4 Å². The van der Waals surface area contributed by atoms with Crippen LogP contribution in [0, 0.1) is 0 Å². The van der Waals surface area contributed by atoms with E-state index >= 15 is 0 Å². The highest BCUT2D eigenvalue weighted by atomic mass is 35.5. The van der Waals surface area contributed by atoms with Crippen molar-refractivity contribution < 1.29 is 9.90 Å². The Bertz CT molecular complexity index is 452. The fraction of sp³-hybridized carbons (Fsp3) is 0.308. The Morgan fingerprint density at radius 2 is 2.16 bits per heavy atom. The Kier molecular flexibility index (Phi) is 6.87. The van der Waals surface area contributed by atoms with Crippen LogP contribution in [0.3, 0.4) is 0 Å². The minimum Gasteiger partial charge on any atom is -0.395 e. The van der Waals surface area contributed by atoms with Gasteiger partial charge in [0.15, 0.2) is 0 Å². The molecule has 0 aliphatic rings. The molecule has 104 valence electrons. The van der Waals surface area contributed by atoms with Crippen molar-refractivity contribution in [1.29, 1.82) is 0 Å². The Labute approximate surface area is 122 Å². The molecule has 1 aromatic carbocycles. The monoisotopic (exact) mass is 302 g/mol. The fourth-order valence-corrected chi connectivity index (χ4v) is 1.83. The van der Waals surface area contributed by atoms with Crippen molar-refractivity contribution in [3.8, 4) is 0 Å². The highest BCUT2D eigenvalue weighted by Gasteiger charge is 2.09.